The quantitative estimate of drug-likeness (QED) is 0.226. The van der Waals surface area contributed by atoms with Crippen molar-refractivity contribution < 1.29 is 14.3 Å². The number of nitrogens with two attached hydrogens (primary N) is 1. The van der Waals surface area contributed by atoms with E-state index in [4.69, 9.17) is 25.3 Å². The summed E-state index contributed by atoms with van der Waals surface area (Å²) < 4.78 is 11.5. The van der Waals surface area contributed by atoms with Crippen LogP contribution in [-0.4, -0.2) is 57.7 Å². The van der Waals surface area contributed by atoms with Crippen LogP contribution in [0.4, 0.5) is 5.82 Å². The van der Waals surface area contributed by atoms with Crippen LogP contribution in [0.1, 0.15) is 45.2 Å². The summed E-state index contributed by atoms with van der Waals surface area (Å²) in [4.78, 5) is 31.6. The number of anilines is 1. The fourth-order valence-corrected chi connectivity index (χ4v) is 4.83. The van der Waals surface area contributed by atoms with E-state index in [0.717, 1.165) is 58.9 Å². The largest absolute Gasteiger partial charge is 0.378 e. The van der Waals surface area contributed by atoms with E-state index >= 15 is 0 Å². The highest BCUT2D eigenvalue weighted by molar-refractivity contribution is 6.12. The van der Waals surface area contributed by atoms with Gasteiger partial charge < -0.3 is 25.2 Å². The molecule has 2 aromatic heterocycles. The number of aromatic nitrogens is 4. The van der Waals surface area contributed by atoms with Crippen molar-refractivity contribution in [3.8, 4) is 0 Å². The number of H-pyrrole nitrogens is 1. The number of nitrogens with zero attached hydrogens (tertiary/aromatic N) is 5. The van der Waals surface area contributed by atoms with Crippen LogP contribution >= 0.6 is 0 Å². The van der Waals surface area contributed by atoms with Crippen molar-refractivity contribution in [2.45, 2.75) is 26.1 Å². The highest BCUT2D eigenvalue weighted by Crippen LogP contribution is 2.25. The number of aromatic amines is 1. The lowest BCUT2D eigenvalue weighted by Crippen LogP contribution is -2.37. The van der Waals surface area contributed by atoms with Crippen LogP contribution in [0.25, 0.3) is 11.0 Å². The second-order valence-corrected chi connectivity index (χ2v) is 9.09. The number of hydrogen-bond donors (Lipinski definition) is 2. The van der Waals surface area contributed by atoms with E-state index in [0.29, 0.717) is 43.5 Å². The van der Waals surface area contributed by atoms with Gasteiger partial charge >= 0.3 is 0 Å². The molecule has 2 aliphatic rings. The first-order valence-corrected chi connectivity index (χ1v) is 12.3. The Balaban J connectivity index is 1.28. The van der Waals surface area contributed by atoms with Gasteiger partial charge in [0, 0.05) is 36.7 Å². The minimum absolute atomic E-state index is 0.174. The average Bonchev–Trinajstić information content (AvgIpc) is 3.52. The zero-order chi connectivity index (χ0) is 25.2. The summed E-state index contributed by atoms with van der Waals surface area (Å²) in [7, 11) is 0. The van der Waals surface area contributed by atoms with Crippen LogP contribution in [0.3, 0.4) is 0 Å². The Labute approximate surface area is 213 Å². The van der Waals surface area contributed by atoms with Gasteiger partial charge in [-0.05, 0) is 30.2 Å². The number of nitrogens with one attached hydrogen (secondary N) is 1. The Morgan fingerprint density at radius 3 is 2.76 bits per heavy atom. The molecule has 10 nitrogen and oxygen atoms in total. The van der Waals surface area contributed by atoms with Gasteiger partial charge in [-0.1, -0.05) is 24.3 Å². The molecule has 2 aromatic carbocycles. The predicted octanol–water partition coefficient (Wildman–Crippen LogP) is 2.75. The molecule has 4 aromatic rings. The van der Waals surface area contributed by atoms with E-state index < -0.39 is 0 Å². The van der Waals surface area contributed by atoms with Gasteiger partial charge in [0.1, 0.15) is 30.6 Å². The van der Waals surface area contributed by atoms with Gasteiger partial charge in [-0.25, -0.2) is 15.0 Å². The molecule has 0 amide bonds. The molecular formula is C27H27N7O3. The highest BCUT2D eigenvalue weighted by Gasteiger charge is 2.22. The molecule has 188 valence electrons. The van der Waals surface area contributed by atoms with Crippen LogP contribution < -0.4 is 10.7 Å². The van der Waals surface area contributed by atoms with Crippen molar-refractivity contribution in [1.29, 1.82) is 0 Å². The second kappa shape index (κ2) is 10.1. The number of benzene rings is 2. The Kier molecular flexibility index (Phi) is 6.33. The first kappa shape index (κ1) is 23.3. The number of ether oxygens (including phenoxy) is 2. The van der Waals surface area contributed by atoms with E-state index in [1.165, 1.54) is 0 Å². The lowest BCUT2D eigenvalue weighted by Gasteiger charge is -2.28. The zero-order valence-corrected chi connectivity index (χ0v) is 20.3. The molecule has 0 radical (unpaired) electrons. The number of imidazole rings is 1. The summed E-state index contributed by atoms with van der Waals surface area (Å²) in [6.45, 7) is 3.21. The average molecular weight is 498 g/mol. The van der Waals surface area contributed by atoms with E-state index in [1.54, 1.807) is 0 Å². The first-order chi connectivity index (χ1) is 18.2. The molecule has 1 aliphatic carbocycles. The van der Waals surface area contributed by atoms with Crippen molar-refractivity contribution in [2.24, 2.45) is 10.9 Å². The van der Waals surface area contributed by atoms with Crippen LogP contribution in [0.2, 0.25) is 0 Å². The molecule has 37 heavy (non-hydrogen) atoms. The standard InChI is InChI=1S/C27H27N7O3/c28-33-27(18-5-7-19-17(13-18)6-8-23(19)35)22-14-26(34-9-11-36-12-10-34)32-25(31-22)16-37-15-24-29-20-3-1-2-4-21(20)30-24/h1-5,7,13-14H,6,8-12,15-16,28H2,(H,29,30). The second-order valence-electron chi connectivity index (χ2n) is 9.09. The molecule has 3 N–H and O–H groups in total. The number of Topliss-reactive ketones (excluding diaryl/α,β-unsaturated/α-hetero) is 1. The predicted molar refractivity (Wildman–Crippen MR) is 139 cm³/mol. The highest BCUT2D eigenvalue weighted by atomic mass is 16.5. The Morgan fingerprint density at radius 2 is 1.92 bits per heavy atom. The maximum atomic E-state index is 12.1. The zero-order valence-electron chi connectivity index (χ0n) is 20.3. The minimum atomic E-state index is 0.174. The maximum absolute atomic E-state index is 12.1. The third-order valence-electron chi connectivity index (χ3n) is 6.67. The third-order valence-corrected chi connectivity index (χ3v) is 6.67. The number of hydrogen-bond acceptors (Lipinski definition) is 9. The van der Waals surface area contributed by atoms with Gasteiger partial charge in [0.25, 0.3) is 0 Å². The number of rotatable bonds is 7. The fraction of sp³-hybridized carbons (Fsp3) is 0.296. The molecule has 0 unspecified atom stereocenters. The number of hydrazone groups is 1. The Morgan fingerprint density at radius 1 is 1.05 bits per heavy atom. The normalized spacial score (nSPS) is 15.9. The van der Waals surface area contributed by atoms with Gasteiger partial charge in [0.15, 0.2) is 11.6 Å². The molecule has 1 saturated heterocycles. The van der Waals surface area contributed by atoms with E-state index in [-0.39, 0.29) is 12.4 Å². The van der Waals surface area contributed by atoms with Gasteiger partial charge in [0.05, 0.1) is 29.9 Å². The Bertz CT molecular complexity index is 1460. The molecule has 1 fully saturated rings. The van der Waals surface area contributed by atoms with Gasteiger partial charge in [-0.2, -0.15) is 5.10 Å². The summed E-state index contributed by atoms with van der Waals surface area (Å²) in [5.74, 6) is 8.09. The lowest BCUT2D eigenvalue weighted by molar-refractivity contribution is 0.0969. The van der Waals surface area contributed by atoms with Crippen molar-refractivity contribution in [2.75, 3.05) is 31.2 Å². The van der Waals surface area contributed by atoms with Gasteiger partial charge in [-0.15, -0.1) is 0 Å². The van der Waals surface area contributed by atoms with Crippen LogP contribution in [0, 0.1) is 0 Å². The molecule has 0 saturated carbocycles. The van der Waals surface area contributed by atoms with Crippen LogP contribution in [-0.2, 0) is 29.1 Å². The maximum Gasteiger partial charge on any atom is 0.163 e. The Hall–Kier alpha value is -4.15. The molecule has 0 spiro atoms. The summed E-state index contributed by atoms with van der Waals surface area (Å²) in [6.07, 6.45) is 1.26. The number of ketones is 1. The molecule has 0 bridgehead atoms. The number of fused-ring (bicyclic) bond motifs is 2. The molecule has 0 atom stereocenters. The first-order valence-electron chi connectivity index (χ1n) is 12.3. The fourth-order valence-electron chi connectivity index (χ4n) is 4.83. The van der Waals surface area contributed by atoms with E-state index in [2.05, 4.69) is 20.0 Å². The van der Waals surface area contributed by atoms with Crippen molar-refractivity contribution in [3.05, 3.63) is 82.6 Å². The van der Waals surface area contributed by atoms with E-state index in [9.17, 15) is 4.79 Å². The van der Waals surface area contributed by atoms with Crippen molar-refractivity contribution in [3.63, 3.8) is 0 Å². The minimum Gasteiger partial charge on any atom is -0.378 e. The summed E-state index contributed by atoms with van der Waals surface area (Å²) in [6, 6.07) is 15.5. The SMILES string of the molecule is NN=C(c1ccc2c(c1)CCC2=O)c1cc(N2CCOCC2)nc(COCc2nc3ccccc3[nH]2)n1. The summed E-state index contributed by atoms with van der Waals surface area (Å²) in [5.41, 5.74) is 5.61. The molecule has 3 heterocycles. The van der Waals surface area contributed by atoms with Gasteiger partial charge in [-0.3, -0.25) is 4.79 Å². The molecular weight excluding hydrogens is 470 g/mol. The number of carbonyl (C=O) groups excluding carboxylic acids is 1. The number of aryl methyl sites for hydroxylation is 1. The number of carbonyl (C=O) groups is 1. The lowest BCUT2D eigenvalue weighted by atomic mass is 10.0. The number of para-hydroxylation sites is 2. The molecule has 1 aliphatic heterocycles. The van der Waals surface area contributed by atoms with Crippen LogP contribution in [0.15, 0.2) is 53.6 Å². The van der Waals surface area contributed by atoms with E-state index in [1.807, 2.05) is 48.5 Å². The number of morpholine rings is 1. The topological polar surface area (TPSA) is 132 Å². The summed E-state index contributed by atoms with van der Waals surface area (Å²) in [5, 5.41) is 4.09. The monoisotopic (exact) mass is 497 g/mol. The van der Waals surface area contributed by atoms with Crippen LogP contribution in [0.5, 0.6) is 0 Å². The van der Waals surface area contributed by atoms with Gasteiger partial charge in [0.2, 0.25) is 0 Å². The van der Waals surface area contributed by atoms with Crippen molar-refractivity contribution in [1.82, 2.24) is 19.9 Å². The molecule has 6 rings (SSSR count). The third kappa shape index (κ3) is 4.81. The smallest absolute Gasteiger partial charge is 0.163 e. The van der Waals surface area contributed by atoms with Crippen molar-refractivity contribution >= 4 is 28.3 Å². The molecule has 10 heteroatoms. The summed E-state index contributed by atoms with van der Waals surface area (Å²) >= 11 is 0.